The van der Waals surface area contributed by atoms with E-state index in [0.717, 1.165) is 27.9 Å². The van der Waals surface area contributed by atoms with Crippen LogP contribution in [0.3, 0.4) is 0 Å². The third-order valence-corrected chi connectivity index (χ3v) is 0.843. The van der Waals surface area contributed by atoms with Gasteiger partial charge in [0.2, 0.25) is 0 Å². The molecule has 0 aromatic carbocycles. The van der Waals surface area contributed by atoms with Gasteiger partial charge < -0.3 is 0 Å². The molecule has 0 amide bonds. The average Bonchev–Trinajstić information content (AvgIpc) is 1.38. The zero-order valence-electron chi connectivity index (χ0n) is 4.78. The van der Waals surface area contributed by atoms with Gasteiger partial charge in [0, 0.05) is 18.5 Å². The van der Waals surface area contributed by atoms with Crippen molar-refractivity contribution in [1.82, 2.24) is 18.5 Å². The summed E-state index contributed by atoms with van der Waals surface area (Å²) >= 11 is 1.02. The van der Waals surface area contributed by atoms with E-state index in [2.05, 4.69) is 0 Å². The Hall–Kier alpha value is 0.800. The molecule has 1 atom stereocenters. The normalized spacial score (nSPS) is 9.50. The van der Waals surface area contributed by atoms with Crippen molar-refractivity contribution in [3.8, 4) is 0 Å². The summed E-state index contributed by atoms with van der Waals surface area (Å²) in [5, 5.41) is 0. The second-order valence-corrected chi connectivity index (χ2v) is 2.70. The van der Waals surface area contributed by atoms with Crippen LogP contribution < -0.4 is 29.9 Å². The van der Waals surface area contributed by atoms with Crippen molar-refractivity contribution in [2.45, 2.75) is 3.29 Å². The van der Waals surface area contributed by atoms with Gasteiger partial charge in [-0.05, 0) is 0 Å². The smallest absolute Gasteiger partial charge is 0 e. The Bertz CT molecular complexity index is 24.4. The van der Waals surface area contributed by atoms with Crippen LogP contribution in [0.2, 0.25) is 0 Å². The Morgan fingerprint density at radius 3 is 1.38 bits per heavy atom. The van der Waals surface area contributed by atoms with Crippen LogP contribution in [0.4, 0.5) is 0 Å². The van der Waals surface area contributed by atoms with Gasteiger partial charge in [-0.15, -0.1) is 0 Å². The van der Waals surface area contributed by atoms with Crippen LogP contribution in [0.1, 0.15) is 0 Å². The van der Waals surface area contributed by atoms with Crippen molar-refractivity contribution >= 4 is 27.9 Å². The molecular formula is C2H7N5Na. The maximum Gasteiger partial charge on any atom is 0 e. The molecule has 5 nitrogen and oxygen atoms in total. The number of hydrogen-bond acceptors (Lipinski definition) is 2. The van der Waals surface area contributed by atoms with Gasteiger partial charge in [0.1, 0.15) is 0 Å². The van der Waals surface area contributed by atoms with E-state index in [9.17, 15) is 0 Å². The van der Waals surface area contributed by atoms with E-state index in [0.29, 0.717) is 9.84 Å². The summed E-state index contributed by atoms with van der Waals surface area (Å²) in [5.41, 5.74) is 10.3. The molecule has 1 unspecified atom stereocenters. The molecule has 4 N–H and O–H groups in total. The van der Waals surface area contributed by atoms with E-state index in [1.807, 2.05) is 0 Å². The number of nitrogens with two attached hydrogens (primary N) is 2. The predicted molar refractivity (Wildman–Crippen MR) is 29.2 cm³/mol. The van der Waals surface area contributed by atoms with Crippen molar-refractivity contribution < 1.29 is 0 Å². The number of rotatable bonds is 1. The molecule has 0 saturated heterocycles. The quantitative estimate of drug-likeness (QED) is 0.358. The SMILES string of the molecule is NC[CH](N)[Na].[N].[N].[N]. The minimum Gasteiger partial charge on any atom is 0 e. The minimum absolute atomic E-state index is 0. The van der Waals surface area contributed by atoms with Gasteiger partial charge in [0.15, 0.2) is 0 Å². The predicted octanol–water partition coefficient (Wildman–Crippen LogP) is -3.04. The summed E-state index contributed by atoms with van der Waals surface area (Å²) in [6, 6.07) is 0. The van der Waals surface area contributed by atoms with Crippen LogP contribution in [0.15, 0.2) is 0 Å². The van der Waals surface area contributed by atoms with Gasteiger partial charge in [-0.2, -0.15) is 0 Å². The van der Waals surface area contributed by atoms with Crippen LogP contribution >= 0.6 is 0 Å². The fraction of sp³-hybridized carbons (Fsp3) is 1.00. The Morgan fingerprint density at radius 1 is 1.25 bits per heavy atom. The monoisotopic (exact) mass is 124 g/mol. The molecule has 0 aliphatic carbocycles. The largest absolute Gasteiger partial charge is 0 e. The molecule has 41 valence electrons. The Morgan fingerprint density at radius 2 is 1.38 bits per heavy atom. The van der Waals surface area contributed by atoms with Gasteiger partial charge >= 0.3 is 49.2 Å². The molecule has 8 heavy (non-hydrogen) atoms. The van der Waals surface area contributed by atoms with E-state index in [4.69, 9.17) is 11.5 Å². The molecule has 0 spiro atoms. The first-order valence-corrected chi connectivity index (χ1v) is 2.88. The third kappa shape index (κ3) is 29.2. The van der Waals surface area contributed by atoms with Crippen LogP contribution in [0.5, 0.6) is 0 Å². The van der Waals surface area contributed by atoms with Crippen molar-refractivity contribution in [3.05, 3.63) is 0 Å². The molecule has 0 aromatic heterocycles. The molecular weight excluding hydrogens is 117 g/mol. The molecule has 0 aliphatic heterocycles. The first-order valence-electron chi connectivity index (χ1n) is 1.73. The second kappa shape index (κ2) is 15.7. The molecule has 9 radical (unpaired) electrons. The zero-order chi connectivity index (χ0) is 4.28. The Labute approximate surface area is 67.7 Å². The van der Waals surface area contributed by atoms with Gasteiger partial charge in [0.05, 0.1) is 0 Å². The molecule has 0 fully saturated rings. The van der Waals surface area contributed by atoms with Gasteiger partial charge in [0.25, 0.3) is 0 Å². The van der Waals surface area contributed by atoms with Crippen LogP contribution in [0.25, 0.3) is 0 Å². The minimum atomic E-state index is 0. The first-order chi connectivity index (χ1) is 2.27. The molecule has 0 rings (SSSR count). The van der Waals surface area contributed by atoms with Crippen LogP contribution in [0, 0.1) is 0 Å². The second-order valence-electron chi connectivity index (χ2n) is 1.21. The van der Waals surface area contributed by atoms with E-state index in [1.165, 1.54) is 0 Å². The van der Waals surface area contributed by atoms with Crippen molar-refractivity contribution in [2.75, 3.05) is 6.54 Å². The summed E-state index contributed by atoms with van der Waals surface area (Å²) in [6.45, 7) is 0.645. The standard InChI is InChI=1S/C2H7N2.3N.Na/c3-1-2-4;;;;/h1H,2-4H2;;;;. The topological polar surface area (TPSA) is 144 Å². The number of nitrogens with zero attached hydrogens (tertiary/aromatic N) is 3. The van der Waals surface area contributed by atoms with Crippen molar-refractivity contribution in [1.29, 1.82) is 0 Å². The fourth-order valence-corrected chi connectivity index (χ4v) is 0. The first kappa shape index (κ1) is 23.2. The third-order valence-electron chi connectivity index (χ3n) is 0.372. The summed E-state index contributed by atoms with van der Waals surface area (Å²) in [5.74, 6) is 0. The zero-order valence-corrected chi connectivity index (χ0v) is 6.78. The molecule has 0 aliphatic rings. The fourth-order valence-electron chi connectivity index (χ4n) is 0. The van der Waals surface area contributed by atoms with Crippen molar-refractivity contribution in [2.24, 2.45) is 11.5 Å². The summed E-state index contributed by atoms with van der Waals surface area (Å²) in [4.78, 5) is 0. The summed E-state index contributed by atoms with van der Waals surface area (Å²) in [7, 11) is 0. The molecule has 0 aromatic rings. The molecule has 0 saturated carbocycles. The van der Waals surface area contributed by atoms with Gasteiger partial charge in [-0.3, -0.25) is 0 Å². The van der Waals surface area contributed by atoms with Crippen LogP contribution in [-0.4, -0.2) is 37.8 Å². The number of hydrogen-bond donors (Lipinski definition) is 2. The van der Waals surface area contributed by atoms with E-state index < -0.39 is 0 Å². The summed E-state index contributed by atoms with van der Waals surface area (Å²) < 4.78 is 0.301. The Balaban J connectivity index is -0.0000000267. The van der Waals surface area contributed by atoms with E-state index >= 15 is 0 Å². The van der Waals surface area contributed by atoms with Crippen LogP contribution in [-0.2, 0) is 0 Å². The molecule has 0 heterocycles. The maximum atomic E-state index is 5.23. The maximum absolute atomic E-state index is 5.23. The van der Waals surface area contributed by atoms with Gasteiger partial charge in [-0.25, -0.2) is 0 Å². The van der Waals surface area contributed by atoms with Crippen molar-refractivity contribution in [3.63, 3.8) is 0 Å². The average molecular weight is 124 g/mol. The van der Waals surface area contributed by atoms with E-state index in [-0.39, 0.29) is 18.5 Å². The van der Waals surface area contributed by atoms with E-state index in [1.54, 1.807) is 0 Å². The Kier molecular flexibility index (Phi) is 45.5. The molecule has 0 bridgehead atoms. The van der Waals surface area contributed by atoms with Gasteiger partial charge in [-0.1, -0.05) is 0 Å². The molecule has 6 heteroatoms. The summed E-state index contributed by atoms with van der Waals surface area (Å²) in [6.07, 6.45) is 0.